The number of carbonyl (C=O) groups is 1. The summed E-state index contributed by atoms with van der Waals surface area (Å²) >= 11 is 6.96. The summed E-state index contributed by atoms with van der Waals surface area (Å²) in [6, 6.07) is 7.14. The Morgan fingerprint density at radius 3 is 2.82 bits per heavy atom. The minimum Gasteiger partial charge on any atom is -0.493 e. The van der Waals surface area contributed by atoms with Crippen molar-refractivity contribution < 1.29 is 14.3 Å². The molecule has 1 aromatic carbocycles. The molecule has 1 aromatic heterocycles. The summed E-state index contributed by atoms with van der Waals surface area (Å²) in [5.74, 6) is 1.37. The smallest absolute Gasteiger partial charge is 0.264 e. The molecule has 2 rings (SSSR count). The molecule has 1 heterocycles. The number of aryl methyl sites for hydroxylation is 1. The van der Waals surface area contributed by atoms with E-state index < -0.39 is 0 Å². The quantitative estimate of drug-likeness (QED) is 0.747. The van der Waals surface area contributed by atoms with Crippen molar-refractivity contribution in [3.05, 3.63) is 29.3 Å². The second-order valence-electron chi connectivity index (χ2n) is 4.28. The van der Waals surface area contributed by atoms with Crippen LogP contribution >= 0.6 is 22.9 Å². The van der Waals surface area contributed by atoms with E-state index >= 15 is 0 Å². The van der Waals surface area contributed by atoms with Gasteiger partial charge in [-0.25, -0.2) is 0 Å². The second kappa shape index (κ2) is 8.55. The summed E-state index contributed by atoms with van der Waals surface area (Å²) in [6.45, 7) is -0.128. The van der Waals surface area contributed by atoms with Crippen molar-refractivity contribution in [2.45, 2.75) is 12.8 Å². The zero-order valence-corrected chi connectivity index (χ0v) is 13.6. The van der Waals surface area contributed by atoms with Gasteiger partial charge in [0.2, 0.25) is 5.13 Å². The van der Waals surface area contributed by atoms with Gasteiger partial charge in [-0.2, -0.15) is 0 Å². The number of halogens is 1. The number of anilines is 1. The van der Waals surface area contributed by atoms with Crippen LogP contribution < -0.4 is 14.8 Å². The van der Waals surface area contributed by atoms with E-state index in [-0.39, 0.29) is 12.5 Å². The summed E-state index contributed by atoms with van der Waals surface area (Å²) < 4.78 is 10.6. The van der Waals surface area contributed by atoms with Gasteiger partial charge in [-0.05, 0) is 18.6 Å². The van der Waals surface area contributed by atoms with Crippen LogP contribution in [0.1, 0.15) is 11.4 Å². The molecule has 0 fully saturated rings. The lowest BCUT2D eigenvalue weighted by atomic mass is 10.3. The summed E-state index contributed by atoms with van der Waals surface area (Å²) in [5.41, 5.74) is 0. The van der Waals surface area contributed by atoms with E-state index in [1.54, 1.807) is 19.2 Å². The molecule has 22 heavy (non-hydrogen) atoms. The van der Waals surface area contributed by atoms with Crippen molar-refractivity contribution in [1.82, 2.24) is 10.2 Å². The molecule has 0 saturated carbocycles. The number of carbonyl (C=O) groups excluding carboxylic acids is 1. The van der Waals surface area contributed by atoms with E-state index in [1.807, 2.05) is 12.1 Å². The number of alkyl halides is 1. The normalized spacial score (nSPS) is 10.3. The summed E-state index contributed by atoms with van der Waals surface area (Å²) in [4.78, 5) is 11.8. The van der Waals surface area contributed by atoms with Crippen molar-refractivity contribution in [3.8, 4) is 11.5 Å². The van der Waals surface area contributed by atoms with Gasteiger partial charge >= 0.3 is 0 Å². The maximum absolute atomic E-state index is 11.8. The molecule has 0 spiro atoms. The molecule has 1 N–H and O–H groups in total. The number of nitrogens with zero attached hydrogens (tertiary/aromatic N) is 2. The number of benzene rings is 1. The van der Waals surface area contributed by atoms with Crippen LogP contribution in [0, 0.1) is 0 Å². The number of hydrogen-bond donors (Lipinski definition) is 1. The molecule has 6 nitrogen and oxygen atoms in total. The van der Waals surface area contributed by atoms with E-state index in [0.717, 1.165) is 17.8 Å². The van der Waals surface area contributed by atoms with Gasteiger partial charge in [0.05, 0.1) is 7.11 Å². The van der Waals surface area contributed by atoms with Crippen LogP contribution in [0.25, 0.3) is 0 Å². The lowest BCUT2D eigenvalue weighted by Crippen LogP contribution is -2.20. The first-order valence-corrected chi connectivity index (χ1v) is 8.02. The van der Waals surface area contributed by atoms with E-state index in [1.165, 1.54) is 11.3 Å². The fourth-order valence-corrected chi connectivity index (χ4v) is 2.59. The molecule has 0 aliphatic carbocycles. The van der Waals surface area contributed by atoms with Gasteiger partial charge in [0.15, 0.2) is 18.1 Å². The number of ether oxygens (including phenoxy) is 2. The molecule has 118 valence electrons. The molecule has 0 aliphatic rings. The highest BCUT2D eigenvalue weighted by atomic mass is 35.5. The molecule has 0 aliphatic heterocycles. The van der Waals surface area contributed by atoms with E-state index in [0.29, 0.717) is 22.5 Å². The average Bonchev–Trinajstić information content (AvgIpc) is 2.98. The van der Waals surface area contributed by atoms with Crippen LogP contribution in [-0.2, 0) is 11.2 Å². The Balaban J connectivity index is 1.84. The Morgan fingerprint density at radius 1 is 1.32 bits per heavy atom. The lowest BCUT2D eigenvalue weighted by Gasteiger charge is -2.09. The Hall–Kier alpha value is -1.86. The van der Waals surface area contributed by atoms with Gasteiger partial charge in [0.25, 0.3) is 5.91 Å². The highest BCUT2D eigenvalue weighted by molar-refractivity contribution is 7.15. The standard InChI is InChI=1S/C14H16ClN3O3S/c1-20-10-5-2-3-6-11(10)21-9-12(19)16-14-18-17-13(22-14)7-4-8-15/h2-3,5-6H,4,7-9H2,1H3,(H,16,18,19). The maximum atomic E-state index is 11.8. The summed E-state index contributed by atoms with van der Waals surface area (Å²) in [7, 11) is 1.55. The van der Waals surface area contributed by atoms with Crippen LogP contribution in [-0.4, -0.2) is 35.7 Å². The maximum Gasteiger partial charge on any atom is 0.264 e. The number of nitrogens with one attached hydrogen (secondary N) is 1. The number of para-hydroxylation sites is 2. The number of amides is 1. The lowest BCUT2D eigenvalue weighted by molar-refractivity contribution is -0.118. The predicted molar refractivity (Wildman–Crippen MR) is 86.1 cm³/mol. The van der Waals surface area contributed by atoms with Crippen molar-refractivity contribution >= 4 is 34.0 Å². The average molecular weight is 342 g/mol. The van der Waals surface area contributed by atoms with Crippen LogP contribution in [0.15, 0.2) is 24.3 Å². The first-order chi connectivity index (χ1) is 10.7. The molecule has 0 radical (unpaired) electrons. The van der Waals surface area contributed by atoms with Crippen molar-refractivity contribution in [1.29, 1.82) is 0 Å². The van der Waals surface area contributed by atoms with Crippen molar-refractivity contribution in [3.63, 3.8) is 0 Å². The Bertz CT molecular complexity index is 621. The molecule has 8 heteroatoms. The third-order valence-corrected chi connectivity index (χ3v) is 3.83. The van der Waals surface area contributed by atoms with Gasteiger partial charge in [0, 0.05) is 12.3 Å². The van der Waals surface area contributed by atoms with Crippen molar-refractivity contribution in [2.24, 2.45) is 0 Å². The largest absolute Gasteiger partial charge is 0.493 e. The fourth-order valence-electron chi connectivity index (χ4n) is 1.66. The number of rotatable bonds is 8. The van der Waals surface area contributed by atoms with Crippen molar-refractivity contribution in [2.75, 3.05) is 24.9 Å². The van der Waals surface area contributed by atoms with Crippen LogP contribution in [0.4, 0.5) is 5.13 Å². The Labute approximate surface area is 137 Å². The first-order valence-electron chi connectivity index (χ1n) is 6.67. The minimum atomic E-state index is -0.300. The molecule has 0 atom stereocenters. The van der Waals surface area contributed by atoms with Gasteiger partial charge in [-0.15, -0.1) is 21.8 Å². The summed E-state index contributed by atoms with van der Waals surface area (Å²) in [5, 5.41) is 11.9. The molecule has 0 bridgehead atoms. The van der Waals surface area contributed by atoms with Crippen LogP contribution in [0.5, 0.6) is 11.5 Å². The van der Waals surface area contributed by atoms with E-state index in [9.17, 15) is 4.79 Å². The van der Waals surface area contributed by atoms with Gasteiger partial charge in [-0.1, -0.05) is 23.5 Å². The molecular formula is C14H16ClN3O3S. The fraction of sp³-hybridized carbons (Fsp3) is 0.357. The first kappa shape index (κ1) is 16.5. The van der Waals surface area contributed by atoms with Gasteiger partial charge in [0.1, 0.15) is 5.01 Å². The predicted octanol–water partition coefficient (Wildman–Crippen LogP) is 2.74. The third kappa shape index (κ3) is 4.85. The summed E-state index contributed by atoms with van der Waals surface area (Å²) in [6.07, 6.45) is 1.59. The highest BCUT2D eigenvalue weighted by Gasteiger charge is 2.10. The number of aromatic nitrogens is 2. The molecular weight excluding hydrogens is 326 g/mol. The molecule has 1 amide bonds. The monoisotopic (exact) mass is 341 g/mol. The minimum absolute atomic E-state index is 0.128. The number of hydrogen-bond acceptors (Lipinski definition) is 6. The van der Waals surface area contributed by atoms with E-state index in [4.69, 9.17) is 21.1 Å². The van der Waals surface area contributed by atoms with Crippen LogP contribution in [0.3, 0.4) is 0 Å². The zero-order valence-electron chi connectivity index (χ0n) is 12.0. The van der Waals surface area contributed by atoms with E-state index in [2.05, 4.69) is 15.5 Å². The van der Waals surface area contributed by atoms with Crippen LogP contribution in [0.2, 0.25) is 0 Å². The molecule has 2 aromatic rings. The Kier molecular flexibility index (Phi) is 6.42. The molecule has 0 unspecified atom stereocenters. The molecule has 0 saturated heterocycles. The Morgan fingerprint density at radius 2 is 2.09 bits per heavy atom. The second-order valence-corrected chi connectivity index (χ2v) is 5.72. The topological polar surface area (TPSA) is 73.3 Å². The van der Waals surface area contributed by atoms with Gasteiger partial charge < -0.3 is 9.47 Å². The highest BCUT2D eigenvalue weighted by Crippen LogP contribution is 2.25. The number of methoxy groups -OCH3 is 1. The SMILES string of the molecule is COc1ccccc1OCC(=O)Nc1nnc(CCCCl)s1. The van der Waals surface area contributed by atoms with Gasteiger partial charge in [-0.3, -0.25) is 10.1 Å². The zero-order chi connectivity index (χ0) is 15.8. The third-order valence-electron chi connectivity index (χ3n) is 2.67.